The van der Waals surface area contributed by atoms with Crippen molar-refractivity contribution in [2.24, 2.45) is 0 Å². The van der Waals surface area contributed by atoms with Crippen LogP contribution in [0.25, 0.3) is 0 Å². The van der Waals surface area contributed by atoms with Gasteiger partial charge in [-0.25, -0.2) is 0 Å². The van der Waals surface area contributed by atoms with Crippen LogP contribution in [0.3, 0.4) is 0 Å². The zero-order chi connectivity index (χ0) is 25.5. The summed E-state index contributed by atoms with van der Waals surface area (Å²) in [6.45, 7) is 7.15. The summed E-state index contributed by atoms with van der Waals surface area (Å²) in [5.41, 5.74) is 8.49. The van der Waals surface area contributed by atoms with Crippen molar-refractivity contribution in [2.45, 2.75) is 52.2 Å². The first kappa shape index (κ1) is 25.4. The van der Waals surface area contributed by atoms with Gasteiger partial charge in [-0.2, -0.15) is 0 Å². The molecule has 0 fully saturated rings. The van der Waals surface area contributed by atoms with Crippen LogP contribution >= 0.6 is 0 Å². The molecule has 3 nitrogen and oxygen atoms in total. The van der Waals surface area contributed by atoms with Gasteiger partial charge in [0.2, 0.25) is 0 Å². The molecule has 0 aliphatic heterocycles. The van der Waals surface area contributed by atoms with Gasteiger partial charge in [0.05, 0.1) is 6.42 Å². The van der Waals surface area contributed by atoms with Gasteiger partial charge in [0.25, 0.3) is 0 Å². The number of aliphatic carboxylic acids is 1. The smallest absolute Gasteiger partial charge is 0.305 e. The minimum Gasteiger partial charge on any atom is -0.481 e. The van der Waals surface area contributed by atoms with E-state index in [0.717, 1.165) is 12.0 Å². The number of carboxylic acids is 1. The lowest BCUT2D eigenvalue weighted by Crippen LogP contribution is -2.32. The van der Waals surface area contributed by atoms with Crippen LogP contribution in [0.4, 0.5) is 0 Å². The predicted molar refractivity (Wildman–Crippen MR) is 147 cm³/mol. The number of hydrogen-bond acceptors (Lipinski definition) is 2. The predicted octanol–water partition coefficient (Wildman–Crippen LogP) is 7.67. The second-order valence-corrected chi connectivity index (χ2v) is 9.65. The van der Waals surface area contributed by atoms with E-state index in [1.807, 2.05) is 36.4 Å². The highest BCUT2D eigenvalue weighted by atomic mass is 16.4. The van der Waals surface area contributed by atoms with E-state index in [-0.39, 0.29) is 18.5 Å². The fourth-order valence-electron chi connectivity index (χ4n) is 5.07. The van der Waals surface area contributed by atoms with Crippen LogP contribution in [0.15, 0.2) is 103 Å². The van der Waals surface area contributed by atoms with Crippen LogP contribution in [-0.4, -0.2) is 16.0 Å². The maximum atomic E-state index is 12.1. The molecule has 184 valence electrons. The minimum atomic E-state index is -0.793. The molecule has 4 aromatic rings. The summed E-state index contributed by atoms with van der Waals surface area (Å²) < 4.78 is 0. The fraction of sp³-hybridized carbons (Fsp3) is 0.242. The van der Waals surface area contributed by atoms with Gasteiger partial charge in [0.15, 0.2) is 0 Å². The molecular weight excluding hydrogens is 442 g/mol. The van der Waals surface area contributed by atoms with Crippen LogP contribution < -0.4 is 0 Å². The molecule has 0 aliphatic rings. The van der Waals surface area contributed by atoms with E-state index >= 15 is 0 Å². The lowest BCUT2D eigenvalue weighted by atomic mass is 9.92. The van der Waals surface area contributed by atoms with Crippen molar-refractivity contribution in [1.29, 1.82) is 0 Å². The van der Waals surface area contributed by atoms with Crippen LogP contribution in [0.1, 0.15) is 64.4 Å². The molecule has 0 heterocycles. The average molecular weight is 478 g/mol. The molecule has 4 rings (SSSR count). The molecule has 3 heteroatoms. The minimum absolute atomic E-state index is 0.0385. The third-order valence-electron chi connectivity index (χ3n) is 7.12. The Morgan fingerprint density at radius 3 is 1.94 bits per heavy atom. The van der Waals surface area contributed by atoms with Gasteiger partial charge in [-0.05, 0) is 66.1 Å². The normalized spacial score (nSPS) is 12.9. The summed E-state index contributed by atoms with van der Waals surface area (Å²) in [5, 5.41) is 9.96. The first-order valence-electron chi connectivity index (χ1n) is 12.6. The largest absolute Gasteiger partial charge is 0.481 e. The third-order valence-corrected chi connectivity index (χ3v) is 7.12. The maximum absolute atomic E-state index is 12.1. The molecule has 0 aromatic heterocycles. The Balaban J connectivity index is 1.74. The van der Waals surface area contributed by atoms with E-state index in [2.05, 4.69) is 92.4 Å². The van der Waals surface area contributed by atoms with Crippen LogP contribution in [0, 0.1) is 13.8 Å². The van der Waals surface area contributed by atoms with E-state index in [4.69, 9.17) is 0 Å². The number of benzene rings is 4. The molecule has 36 heavy (non-hydrogen) atoms. The molecule has 0 amide bonds. The molecule has 0 radical (unpaired) electrons. The van der Waals surface area contributed by atoms with E-state index in [1.54, 1.807) is 0 Å². The third kappa shape index (κ3) is 6.30. The topological polar surface area (TPSA) is 40.5 Å². The van der Waals surface area contributed by atoms with Gasteiger partial charge in [0.1, 0.15) is 0 Å². The summed E-state index contributed by atoms with van der Waals surface area (Å²) in [6.07, 6.45) is 0.871. The molecule has 1 unspecified atom stereocenters. The number of nitrogens with zero attached hydrogens (tertiary/aromatic N) is 1. The SMILES string of the molecule is Cc1cccc(C)c1Cc1cccc(C(CC(=O)O)N(Cc2ccccc2)[C@H](C)c2ccccc2)c1. The molecule has 0 bridgehead atoms. The lowest BCUT2D eigenvalue weighted by molar-refractivity contribution is -0.138. The number of rotatable bonds is 10. The van der Waals surface area contributed by atoms with Crippen molar-refractivity contribution in [3.05, 3.63) is 142 Å². The molecule has 0 aliphatic carbocycles. The molecular formula is C33H35NO2. The highest BCUT2D eigenvalue weighted by Crippen LogP contribution is 2.35. The first-order valence-corrected chi connectivity index (χ1v) is 12.6. The first-order chi connectivity index (χ1) is 17.4. The molecule has 0 saturated carbocycles. The van der Waals surface area contributed by atoms with Crippen LogP contribution in [-0.2, 0) is 17.8 Å². The molecule has 2 atom stereocenters. The Morgan fingerprint density at radius 2 is 1.31 bits per heavy atom. The molecule has 4 aromatic carbocycles. The number of carbonyl (C=O) groups is 1. The van der Waals surface area contributed by atoms with Crippen LogP contribution in [0.2, 0.25) is 0 Å². The number of hydrogen-bond donors (Lipinski definition) is 1. The second-order valence-electron chi connectivity index (χ2n) is 9.65. The fourth-order valence-corrected chi connectivity index (χ4v) is 5.07. The zero-order valence-electron chi connectivity index (χ0n) is 21.4. The Morgan fingerprint density at radius 1 is 0.750 bits per heavy atom. The van der Waals surface area contributed by atoms with E-state index < -0.39 is 5.97 Å². The maximum Gasteiger partial charge on any atom is 0.305 e. The molecule has 1 N–H and O–H groups in total. The lowest BCUT2D eigenvalue weighted by Gasteiger charge is -2.37. The molecule has 0 saturated heterocycles. The number of aryl methyl sites for hydroxylation is 2. The van der Waals surface area contributed by atoms with Crippen molar-refractivity contribution < 1.29 is 9.90 Å². The average Bonchev–Trinajstić information content (AvgIpc) is 2.89. The monoisotopic (exact) mass is 477 g/mol. The van der Waals surface area contributed by atoms with Crippen molar-refractivity contribution >= 4 is 5.97 Å². The van der Waals surface area contributed by atoms with Gasteiger partial charge in [-0.3, -0.25) is 9.69 Å². The highest BCUT2D eigenvalue weighted by molar-refractivity contribution is 5.68. The summed E-state index contributed by atoms with van der Waals surface area (Å²) in [6, 6.07) is 35.4. The van der Waals surface area contributed by atoms with Crippen molar-refractivity contribution in [3.63, 3.8) is 0 Å². The van der Waals surface area contributed by atoms with Gasteiger partial charge < -0.3 is 5.11 Å². The summed E-state index contributed by atoms with van der Waals surface area (Å²) >= 11 is 0. The van der Waals surface area contributed by atoms with Gasteiger partial charge >= 0.3 is 5.97 Å². The van der Waals surface area contributed by atoms with Crippen LogP contribution in [0.5, 0.6) is 0 Å². The second kappa shape index (κ2) is 11.8. The van der Waals surface area contributed by atoms with Gasteiger partial charge in [-0.1, -0.05) is 103 Å². The Labute approximate surface area is 215 Å². The van der Waals surface area contributed by atoms with Gasteiger partial charge in [0, 0.05) is 18.6 Å². The highest BCUT2D eigenvalue weighted by Gasteiger charge is 2.28. The molecule has 0 spiro atoms. The standard InChI is InChI=1S/C33H35NO2/c1-24-12-10-13-25(2)31(24)21-28-16-11-19-30(20-28)32(22-33(35)36)34(23-27-14-6-4-7-15-27)26(3)29-17-8-5-9-18-29/h4-20,26,32H,21-23H2,1-3H3,(H,35,36)/t26-,32?/m1/s1. The van der Waals surface area contributed by atoms with Crippen molar-refractivity contribution in [1.82, 2.24) is 4.90 Å². The summed E-state index contributed by atoms with van der Waals surface area (Å²) in [7, 11) is 0. The Kier molecular flexibility index (Phi) is 8.35. The van der Waals surface area contributed by atoms with Crippen molar-refractivity contribution in [3.8, 4) is 0 Å². The zero-order valence-corrected chi connectivity index (χ0v) is 21.4. The van der Waals surface area contributed by atoms with Crippen molar-refractivity contribution in [2.75, 3.05) is 0 Å². The van der Waals surface area contributed by atoms with E-state index in [0.29, 0.717) is 6.54 Å². The van der Waals surface area contributed by atoms with E-state index in [1.165, 1.54) is 33.4 Å². The number of carboxylic acid groups (broad SMARTS) is 1. The Hall–Kier alpha value is -3.69. The van der Waals surface area contributed by atoms with Gasteiger partial charge in [-0.15, -0.1) is 0 Å². The quantitative estimate of drug-likeness (QED) is 0.255. The Bertz CT molecular complexity index is 1260. The summed E-state index contributed by atoms with van der Waals surface area (Å²) in [4.78, 5) is 14.5. The summed E-state index contributed by atoms with van der Waals surface area (Å²) in [5.74, 6) is -0.793. The van der Waals surface area contributed by atoms with E-state index in [9.17, 15) is 9.90 Å².